The Labute approximate surface area is 310 Å². The van der Waals surface area contributed by atoms with Crippen LogP contribution in [0.25, 0.3) is 0 Å². The van der Waals surface area contributed by atoms with Crippen molar-refractivity contribution < 1.29 is 81.7 Å². The number of aromatic nitrogens is 1. The van der Waals surface area contributed by atoms with Crippen molar-refractivity contribution in [3.63, 3.8) is 0 Å². The van der Waals surface area contributed by atoms with Gasteiger partial charge < -0.3 is 48.1 Å². The molecule has 0 radical (unpaired) electrons. The Morgan fingerprint density at radius 3 is 1.96 bits per heavy atom. The second-order valence-corrected chi connectivity index (χ2v) is 14.8. The van der Waals surface area contributed by atoms with Gasteiger partial charge in [0.05, 0.1) is 23.5 Å². The predicted molar refractivity (Wildman–Crippen MR) is 176 cm³/mol. The number of esters is 7. The number of nitrogens with zero attached hydrogens (tertiary/aromatic N) is 1. The summed E-state index contributed by atoms with van der Waals surface area (Å²) in [5.74, 6) is -10.3. The highest BCUT2D eigenvalue weighted by Crippen LogP contribution is 2.69. The van der Waals surface area contributed by atoms with Crippen LogP contribution in [0, 0.1) is 17.3 Å². The molecule has 1 aromatic heterocycles. The quantitative estimate of drug-likeness (QED) is 0.295. The van der Waals surface area contributed by atoms with E-state index in [2.05, 4.69) is 4.98 Å². The van der Waals surface area contributed by atoms with E-state index < -0.39 is 132 Å². The lowest BCUT2D eigenvalue weighted by atomic mass is 9.45. The number of aliphatic hydroxyl groups is 2. The van der Waals surface area contributed by atoms with E-state index in [1.165, 1.54) is 32.3 Å². The number of cyclic esters (lactones) is 1. The van der Waals surface area contributed by atoms with Crippen LogP contribution in [0.4, 0.5) is 0 Å². The van der Waals surface area contributed by atoms with Crippen molar-refractivity contribution >= 4 is 41.8 Å². The minimum Gasteiger partial charge on any atom is -0.465 e. The van der Waals surface area contributed by atoms with Gasteiger partial charge in [-0.05, 0) is 31.4 Å². The van der Waals surface area contributed by atoms with Gasteiger partial charge in [-0.2, -0.15) is 0 Å². The monoisotopic (exact) mass is 763 g/mol. The summed E-state index contributed by atoms with van der Waals surface area (Å²) in [6.07, 6.45) is -9.27. The largest absolute Gasteiger partial charge is 0.465 e. The molecule has 3 heterocycles. The van der Waals surface area contributed by atoms with Gasteiger partial charge in [-0.15, -0.1) is 0 Å². The fourth-order valence-corrected chi connectivity index (χ4v) is 9.01. The molecular formula is C36H45NO17. The molecule has 1 aromatic rings. The van der Waals surface area contributed by atoms with Crippen molar-refractivity contribution in [3.05, 3.63) is 29.6 Å². The Morgan fingerprint density at radius 2 is 1.41 bits per heavy atom. The number of fused-ring (bicyclic) bond motifs is 5. The molecule has 54 heavy (non-hydrogen) atoms. The van der Waals surface area contributed by atoms with Crippen molar-refractivity contribution in [1.82, 2.24) is 4.98 Å². The second-order valence-electron chi connectivity index (χ2n) is 14.8. The lowest BCUT2D eigenvalue weighted by Crippen LogP contribution is -2.89. The first-order chi connectivity index (χ1) is 25.1. The van der Waals surface area contributed by atoms with Crippen molar-refractivity contribution in [2.45, 2.75) is 122 Å². The van der Waals surface area contributed by atoms with Crippen LogP contribution in [-0.4, -0.2) is 124 Å². The number of rotatable bonds is 6. The van der Waals surface area contributed by atoms with E-state index in [0.717, 1.165) is 41.5 Å². The Morgan fingerprint density at radius 1 is 0.852 bits per heavy atom. The van der Waals surface area contributed by atoms with Crippen LogP contribution < -0.4 is 0 Å². The molecule has 4 aliphatic rings. The van der Waals surface area contributed by atoms with Gasteiger partial charge in [0.1, 0.15) is 41.5 Å². The van der Waals surface area contributed by atoms with Gasteiger partial charge in [-0.25, -0.2) is 4.79 Å². The average Bonchev–Trinajstić information content (AvgIpc) is 3.27. The summed E-state index contributed by atoms with van der Waals surface area (Å²) < 4.78 is 47.6. The minimum absolute atomic E-state index is 0.0246. The van der Waals surface area contributed by atoms with Crippen molar-refractivity contribution in [2.24, 2.45) is 17.3 Å². The molecular weight excluding hydrogens is 718 g/mol. The summed E-state index contributed by atoms with van der Waals surface area (Å²) in [5, 5.41) is 25.9. The molecule has 0 aromatic carbocycles. The SMILES string of the molecule is CC(=O)OC[C@@]12[C@@H](OC(C)=O)[C@H](OC(C)=O)[C@H]3OC(=O)[C@H](C)[C@@H](C)c4ccncc4C(=O)OC[C@@]4(C)O[C@]1([C@H](O)C4[C@@H](OC(C)=O)[C@@H]2OC(C)=O)[C@]3(C)O. The number of aliphatic hydroxyl groups excluding tert-OH is 1. The summed E-state index contributed by atoms with van der Waals surface area (Å²) >= 11 is 0. The van der Waals surface area contributed by atoms with E-state index >= 15 is 0 Å². The maximum absolute atomic E-state index is 14.2. The molecule has 2 aliphatic heterocycles. The molecule has 2 aliphatic carbocycles. The normalized spacial score (nSPS) is 39.8. The Kier molecular flexibility index (Phi) is 10.6. The van der Waals surface area contributed by atoms with E-state index in [-0.39, 0.29) is 5.56 Å². The molecule has 0 amide bonds. The number of pyridine rings is 1. The Bertz CT molecular complexity index is 1740. The summed E-state index contributed by atoms with van der Waals surface area (Å²) in [4.78, 5) is 96.6. The Balaban J connectivity index is 1.95. The predicted octanol–water partition coefficient (Wildman–Crippen LogP) is 0.463. The van der Waals surface area contributed by atoms with Gasteiger partial charge in [0.15, 0.2) is 24.4 Å². The average molecular weight is 764 g/mol. The first kappa shape index (κ1) is 40.5. The summed E-state index contributed by atoms with van der Waals surface area (Å²) in [7, 11) is 0. The van der Waals surface area contributed by atoms with E-state index in [1.807, 2.05) is 0 Å². The third kappa shape index (κ3) is 6.17. The zero-order valence-corrected chi connectivity index (χ0v) is 31.3. The van der Waals surface area contributed by atoms with Crippen LogP contribution in [-0.2, 0) is 66.7 Å². The number of hydrogen-bond donors (Lipinski definition) is 2. The number of carbonyl (C=O) groups excluding carboxylic acids is 7. The van der Waals surface area contributed by atoms with Gasteiger partial charge in [-0.1, -0.05) is 13.8 Å². The maximum atomic E-state index is 14.2. The molecule has 2 saturated carbocycles. The smallest absolute Gasteiger partial charge is 0.340 e. The van der Waals surface area contributed by atoms with Crippen molar-refractivity contribution in [1.29, 1.82) is 0 Å². The van der Waals surface area contributed by atoms with Gasteiger partial charge >= 0.3 is 41.8 Å². The second kappa shape index (κ2) is 14.2. The third-order valence-corrected chi connectivity index (χ3v) is 11.2. The zero-order chi connectivity index (χ0) is 40.3. The van der Waals surface area contributed by atoms with Crippen LogP contribution in [0.2, 0.25) is 0 Å². The summed E-state index contributed by atoms with van der Waals surface area (Å²) in [5.41, 5.74) is -9.74. The number of carbonyl (C=O) groups is 7. The third-order valence-electron chi connectivity index (χ3n) is 11.2. The number of ether oxygens (including phenoxy) is 8. The van der Waals surface area contributed by atoms with Crippen LogP contribution in [0.5, 0.6) is 0 Å². The topological polar surface area (TPSA) is 247 Å². The summed E-state index contributed by atoms with van der Waals surface area (Å²) in [6, 6.07) is 1.51. The highest BCUT2D eigenvalue weighted by Gasteiger charge is 2.90. The van der Waals surface area contributed by atoms with Gasteiger partial charge in [-0.3, -0.25) is 33.8 Å². The van der Waals surface area contributed by atoms with Crippen molar-refractivity contribution in [2.75, 3.05) is 13.2 Å². The molecule has 296 valence electrons. The molecule has 1 spiro atoms. The minimum atomic E-state index is -2.77. The molecule has 1 saturated heterocycles. The fraction of sp³-hybridized carbons (Fsp3) is 0.667. The molecule has 3 fully saturated rings. The molecule has 5 rings (SSSR count). The van der Waals surface area contributed by atoms with E-state index in [1.54, 1.807) is 6.92 Å². The standard InChI is InChI=1S/C36H45NO17/c1-15-16(2)31(44)53-28-26(50-19(5)40)30(52-21(7)42)35(14-47-17(3)38)29(51-20(6)41)25(49-18(4)39)24-27(43)36(35,34(28,9)46)54-33(24,8)13-48-32(45)23-12-37-11-10-22(15)23/h10-12,15-16,24-30,43,46H,13-14H2,1-9H3/t15-,16-,24?,25-,26-,27-,28-,29+,30+,33-,34-,35-,36-/m1/s1. The molecule has 1 unspecified atom stereocenters. The lowest BCUT2D eigenvalue weighted by Gasteiger charge is -2.67. The van der Waals surface area contributed by atoms with Crippen LogP contribution in [0.3, 0.4) is 0 Å². The first-order valence-corrected chi connectivity index (χ1v) is 17.3. The van der Waals surface area contributed by atoms with Crippen molar-refractivity contribution in [3.8, 4) is 0 Å². The molecule has 18 nitrogen and oxygen atoms in total. The van der Waals surface area contributed by atoms with Gasteiger partial charge in [0, 0.05) is 47.0 Å². The fourth-order valence-electron chi connectivity index (χ4n) is 9.01. The van der Waals surface area contributed by atoms with Gasteiger partial charge in [0.25, 0.3) is 0 Å². The Hall–Kier alpha value is -4.68. The highest BCUT2D eigenvalue weighted by molar-refractivity contribution is 5.91. The van der Waals surface area contributed by atoms with Crippen LogP contribution >= 0.6 is 0 Å². The maximum Gasteiger partial charge on any atom is 0.340 e. The first-order valence-electron chi connectivity index (χ1n) is 17.3. The molecule has 13 atom stereocenters. The lowest BCUT2D eigenvalue weighted by molar-refractivity contribution is -0.386. The van der Waals surface area contributed by atoms with E-state index in [9.17, 15) is 43.8 Å². The van der Waals surface area contributed by atoms with E-state index in [4.69, 9.17) is 37.9 Å². The number of hydrogen-bond acceptors (Lipinski definition) is 18. The molecule has 4 bridgehead atoms. The van der Waals surface area contributed by atoms with Crippen LogP contribution in [0.15, 0.2) is 18.5 Å². The van der Waals surface area contributed by atoms with E-state index in [0.29, 0.717) is 5.56 Å². The van der Waals surface area contributed by atoms with Crippen LogP contribution in [0.1, 0.15) is 84.2 Å². The van der Waals surface area contributed by atoms with Gasteiger partial charge in [0.2, 0.25) is 0 Å². The zero-order valence-electron chi connectivity index (χ0n) is 31.3. The highest BCUT2D eigenvalue weighted by atomic mass is 16.7. The molecule has 2 N–H and O–H groups in total. The summed E-state index contributed by atoms with van der Waals surface area (Å²) in [6.45, 7) is 8.81. The molecule has 18 heteroatoms.